The summed E-state index contributed by atoms with van der Waals surface area (Å²) in [6.07, 6.45) is 0. The summed E-state index contributed by atoms with van der Waals surface area (Å²) >= 11 is 1.32. The first-order chi connectivity index (χ1) is 9.15. The van der Waals surface area contributed by atoms with Crippen LogP contribution in [0.1, 0.15) is 9.67 Å². The highest BCUT2D eigenvalue weighted by molar-refractivity contribution is 7.12. The molecule has 1 heterocycles. The number of carbonyl (C=O) groups excluding carboxylic acids is 1. The summed E-state index contributed by atoms with van der Waals surface area (Å²) in [6.45, 7) is 0. The molecule has 1 aromatic carbocycles. The molecule has 0 unspecified atom stereocenters. The average Bonchev–Trinajstić information content (AvgIpc) is 2.89. The number of amides is 1. The lowest BCUT2D eigenvalue weighted by molar-refractivity contribution is 0.102. The Morgan fingerprint density at radius 1 is 1.21 bits per heavy atom. The van der Waals surface area contributed by atoms with Gasteiger partial charge in [-0.2, -0.15) is 0 Å². The number of nitrogens with one attached hydrogen (secondary N) is 1. The van der Waals surface area contributed by atoms with E-state index in [9.17, 15) is 4.79 Å². The van der Waals surface area contributed by atoms with Crippen molar-refractivity contribution in [2.24, 2.45) is 0 Å². The van der Waals surface area contributed by atoms with Crippen molar-refractivity contribution in [3.63, 3.8) is 0 Å². The number of ether oxygens (including phenoxy) is 2. The van der Waals surface area contributed by atoms with Gasteiger partial charge in [-0.05, 0) is 23.6 Å². The third-order valence-electron chi connectivity index (χ3n) is 2.53. The van der Waals surface area contributed by atoms with Gasteiger partial charge < -0.3 is 20.5 Å². The van der Waals surface area contributed by atoms with Gasteiger partial charge in [-0.15, -0.1) is 11.3 Å². The van der Waals surface area contributed by atoms with E-state index in [1.807, 2.05) is 0 Å². The molecule has 0 aliphatic heterocycles. The number of anilines is 2. The number of thiophene rings is 1. The van der Waals surface area contributed by atoms with Gasteiger partial charge in [0.15, 0.2) is 0 Å². The first-order valence-electron chi connectivity index (χ1n) is 5.52. The van der Waals surface area contributed by atoms with Crippen LogP contribution in [0.3, 0.4) is 0 Å². The van der Waals surface area contributed by atoms with Crippen molar-refractivity contribution in [3.8, 4) is 11.5 Å². The molecule has 0 saturated carbocycles. The Morgan fingerprint density at radius 3 is 2.63 bits per heavy atom. The Hall–Kier alpha value is -2.21. The number of rotatable bonds is 4. The molecule has 1 aromatic heterocycles. The molecule has 0 atom stereocenters. The summed E-state index contributed by atoms with van der Waals surface area (Å²) in [5.41, 5.74) is 6.80. The van der Waals surface area contributed by atoms with Gasteiger partial charge in [0.1, 0.15) is 16.4 Å². The van der Waals surface area contributed by atoms with E-state index in [1.54, 1.807) is 29.6 Å². The monoisotopic (exact) mass is 278 g/mol. The zero-order chi connectivity index (χ0) is 13.8. The molecular weight excluding hydrogens is 264 g/mol. The second-order valence-corrected chi connectivity index (χ2v) is 4.65. The minimum atomic E-state index is -0.241. The summed E-state index contributed by atoms with van der Waals surface area (Å²) < 4.78 is 10.3. The highest BCUT2D eigenvalue weighted by Gasteiger charge is 2.15. The van der Waals surface area contributed by atoms with Crippen LogP contribution >= 0.6 is 11.3 Å². The Kier molecular flexibility index (Phi) is 3.91. The molecule has 6 heteroatoms. The maximum absolute atomic E-state index is 12.1. The van der Waals surface area contributed by atoms with Crippen LogP contribution in [-0.2, 0) is 0 Å². The van der Waals surface area contributed by atoms with Crippen LogP contribution in [0.4, 0.5) is 11.4 Å². The van der Waals surface area contributed by atoms with Crippen molar-refractivity contribution in [1.29, 1.82) is 0 Å². The van der Waals surface area contributed by atoms with Gasteiger partial charge >= 0.3 is 0 Å². The molecule has 0 bridgehead atoms. The van der Waals surface area contributed by atoms with Gasteiger partial charge in [0.05, 0.1) is 19.9 Å². The quantitative estimate of drug-likeness (QED) is 0.843. The lowest BCUT2D eigenvalue weighted by Crippen LogP contribution is -2.12. The first-order valence-corrected chi connectivity index (χ1v) is 6.40. The van der Waals surface area contributed by atoms with Crippen LogP contribution in [-0.4, -0.2) is 20.1 Å². The Morgan fingerprint density at radius 2 is 1.95 bits per heavy atom. The fraction of sp³-hybridized carbons (Fsp3) is 0.154. The third-order valence-corrected chi connectivity index (χ3v) is 3.42. The second kappa shape index (κ2) is 5.62. The summed E-state index contributed by atoms with van der Waals surface area (Å²) in [4.78, 5) is 12.7. The van der Waals surface area contributed by atoms with E-state index in [0.717, 1.165) is 0 Å². The predicted molar refractivity (Wildman–Crippen MR) is 76.2 cm³/mol. The topological polar surface area (TPSA) is 73.6 Å². The summed E-state index contributed by atoms with van der Waals surface area (Å²) in [5, 5.41) is 4.58. The summed E-state index contributed by atoms with van der Waals surface area (Å²) in [5.74, 6) is 0.829. The smallest absolute Gasteiger partial charge is 0.269 e. The lowest BCUT2D eigenvalue weighted by atomic mass is 10.2. The van der Waals surface area contributed by atoms with Crippen molar-refractivity contribution in [2.45, 2.75) is 0 Å². The van der Waals surface area contributed by atoms with Crippen LogP contribution in [0, 0.1) is 0 Å². The number of benzene rings is 1. The molecule has 19 heavy (non-hydrogen) atoms. The molecule has 3 N–H and O–H groups in total. The van der Waals surface area contributed by atoms with Gasteiger partial charge in [0.25, 0.3) is 5.91 Å². The van der Waals surface area contributed by atoms with Crippen molar-refractivity contribution in [3.05, 3.63) is 34.5 Å². The van der Waals surface area contributed by atoms with Gasteiger partial charge in [-0.1, -0.05) is 0 Å². The molecule has 5 nitrogen and oxygen atoms in total. The first kappa shape index (κ1) is 13.2. The minimum Gasteiger partial charge on any atom is -0.495 e. The normalized spacial score (nSPS) is 10.0. The van der Waals surface area contributed by atoms with E-state index in [4.69, 9.17) is 15.2 Å². The van der Waals surface area contributed by atoms with E-state index in [2.05, 4.69) is 5.32 Å². The molecular formula is C13H14N2O3S. The zero-order valence-corrected chi connectivity index (χ0v) is 11.4. The molecule has 2 aromatic rings. The molecule has 0 saturated heterocycles. The fourth-order valence-electron chi connectivity index (χ4n) is 1.61. The number of hydrogen-bond acceptors (Lipinski definition) is 5. The van der Waals surface area contributed by atoms with Gasteiger partial charge in [-0.25, -0.2) is 0 Å². The summed E-state index contributed by atoms with van der Waals surface area (Å²) in [7, 11) is 3.05. The van der Waals surface area contributed by atoms with Crippen LogP contribution in [0.25, 0.3) is 0 Å². The van der Waals surface area contributed by atoms with Crippen molar-refractivity contribution in [2.75, 3.05) is 25.3 Å². The van der Waals surface area contributed by atoms with E-state index >= 15 is 0 Å². The van der Waals surface area contributed by atoms with E-state index < -0.39 is 0 Å². The average molecular weight is 278 g/mol. The maximum atomic E-state index is 12.1. The van der Waals surface area contributed by atoms with Gasteiger partial charge in [0.2, 0.25) is 0 Å². The van der Waals surface area contributed by atoms with Crippen LogP contribution in [0.2, 0.25) is 0 Å². The van der Waals surface area contributed by atoms with Crippen molar-refractivity contribution in [1.82, 2.24) is 0 Å². The number of methoxy groups -OCH3 is 2. The van der Waals surface area contributed by atoms with Gasteiger partial charge in [-0.3, -0.25) is 4.79 Å². The van der Waals surface area contributed by atoms with Crippen molar-refractivity contribution >= 4 is 28.6 Å². The summed E-state index contributed by atoms with van der Waals surface area (Å²) in [6, 6.07) is 6.80. The maximum Gasteiger partial charge on any atom is 0.269 e. The van der Waals surface area contributed by atoms with Crippen LogP contribution < -0.4 is 20.5 Å². The molecule has 0 aliphatic rings. The number of nitrogen functional groups attached to an aromatic ring is 1. The Labute approximate surface area is 115 Å². The predicted octanol–water partition coefficient (Wildman–Crippen LogP) is 2.60. The van der Waals surface area contributed by atoms with E-state index in [0.29, 0.717) is 27.8 Å². The molecule has 0 spiro atoms. The van der Waals surface area contributed by atoms with E-state index in [-0.39, 0.29) is 5.91 Å². The fourth-order valence-corrected chi connectivity index (χ4v) is 2.37. The third kappa shape index (κ3) is 2.79. The van der Waals surface area contributed by atoms with Crippen LogP contribution in [0.5, 0.6) is 11.5 Å². The molecule has 0 fully saturated rings. The molecule has 0 aliphatic carbocycles. The SMILES string of the molecule is COc1cc(N)ccc1NC(=O)c1sccc1OC. The molecule has 0 radical (unpaired) electrons. The number of nitrogens with two attached hydrogens (primary N) is 1. The standard InChI is InChI=1S/C13H14N2O3S/c1-17-10-5-6-19-12(10)13(16)15-9-4-3-8(14)7-11(9)18-2/h3-7H,14H2,1-2H3,(H,15,16). The lowest BCUT2D eigenvalue weighted by Gasteiger charge is -2.10. The minimum absolute atomic E-state index is 0.241. The molecule has 2 rings (SSSR count). The Bertz CT molecular complexity index is 595. The van der Waals surface area contributed by atoms with Crippen molar-refractivity contribution < 1.29 is 14.3 Å². The largest absolute Gasteiger partial charge is 0.495 e. The number of hydrogen-bond donors (Lipinski definition) is 2. The Balaban J connectivity index is 2.24. The second-order valence-electron chi connectivity index (χ2n) is 3.73. The molecule has 100 valence electrons. The van der Waals surface area contributed by atoms with Crippen LogP contribution in [0.15, 0.2) is 29.6 Å². The van der Waals surface area contributed by atoms with E-state index in [1.165, 1.54) is 25.6 Å². The van der Waals surface area contributed by atoms with Gasteiger partial charge in [0, 0.05) is 11.8 Å². The highest BCUT2D eigenvalue weighted by Crippen LogP contribution is 2.29. The highest BCUT2D eigenvalue weighted by atomic mass is 32.1. The molecule has 1 amide bonds. The number of carbonyl (C=O) groups is 1. The zero-order valence-electron chi connectivity index (χ0n) is 10.6.